The highest BCUT2D eigenvalue weighted by Gasteiger charge is 2.50. The van der Waals surface area contributed by atoms with Crippen molar-refractivity contribution in [3.63, 3.8) is 0 Å². The van der Waals surface area contributed by atoms with Crippen molar-refractivity contribution >= 4 is 41.5 Å². The second-order valence-corrected chi connectivity index (χ2v) is 13.9. The first-order valence-corrected chi connectivity index (χ1v) is 14.0. The lowest BCUT2D eigenvalue weighted by Crippen LogP contribution is -2.40. The summed E-state index contributed by atoms with van der Waals surface area (Å²) in [6.07, 6.45) is 0.239. The van der Waals surface area contributed by atoms with Crippen LogP contribution < -0.4 is 4.31 Å². The van der Waals surface area contributed by atoms with E-state index in [1.165, 1.54) is 24.3 Å². The van der Waals surface area contributed by atoms with Gasteiger partial charge in [0.25, 0.3) is 0 Å². The van der Waals surface area contributed by atoms with E-state index in [1.807, 2.05) is 0 Å². The first-order valence-electron chi connectivity index (χ1n) is 9.11. The number of sulfone groups is 1. The van der Waals surface area contributed by atoms with E-state index in [4.69, 9.17) is 0 Å². The maximum Gasteiger partial charge on any atom is 0.247 e. The molecule has 29 heavy (non-hydrogen) atoms. The molecule has 2 aliphatic rings. The number of carbonyl (C=O) groups is 1. The van der Waals surface area contributed by atoms with Gasteiger partial charge in [0.15, 0.2) is 9.84 Å². The number of hydrogen-bond acceptors (Lipinski definition) is 7. The van der Waals surface area contributed by atoms with E-state index < -0.39 is 47.2 Å². The normalized spacial score (nSPS) is 25.6. The van der Waals surface area contributed by atoms with Gasteiger partial charge in [0.2, 0.25) is 26.0 Å². The third kappa shape index (κ3) is 3.94. The highest BCUT2D eigenvalue weighted by Crippen LogP contribution is 2.36. The molecule has 0 radical (unpaired) electrons. The summed E-state index contributed by atoms with van der Waals surface area (Å²) in [5.41, 5.74) is -0.984. The van der Waals surface area contributed by atoms with Gasteiger partial charge in [-0.05, 0) is 44.5 Å². The average molecular weight is 465 g/mol. The minimum absolute atomic E-state index is 0.0483. The summed E-state index contributed by atoms with van der Waals surface area (Å²) in [5, 5.41) is 0. The van der Waals surface area contributed by atoms with E-state index in [1.54, 1.807) is 20.8 Å². The fourth-order valence-corrected chi connectivity index (χ4v) is 9.37. The minimum atomic E-state index is -3.97. The van der Waals surface area contributed by atoms with Gasteiger partial charge in [-0.25, -0.2) is 29.6 Å². The molecule has 1 atom stereocenters. The topological polar surface area (TPSA) is 126 Å². The van der Waals surface area contributed by atoms with Gasteiger partial charge in [0.1, 0.15) is 0 Å². The van der Waals surface area contributed by atoms with Crippen LogP contribution in [0.5, 0.6) is 0 Å². The van der Waals surface area contributed by atoms with E-state index in [0.29, 0.717) is 4.31 Å². The van der Waals surface area contributed by atoms with Crippen molar-refractivity contribution in [1.82, 2.24) is 4.31 Å². The molecule has 0 bridgehead atoms. The molecule has 0 saturated carbocycles. The van der Waals surface area contributed by atoms with Gasteiger partial charge in [-0.3, -0.25) is 4.79 Å². The summed E-state index contributed by atoms with van der Waals surface area (Å²) in [7, 11) is -11.1. The van der Waals surface area contributed by atoms with Crippen LogP contribution in [0.15, 0.2) is 29.2 Å². The Morgan fingerprint density at radius 3 is 2.14 bits per heavy atom. The molecule has 0 aliphatic carbocycles. The van der Waals surface area contributed by atoms with Crippen molar-refractivity contribution < 1.29 is 30.0 Å². The van der Waals surface area contributed by atoms with Gasteiger partial charge in [0.05, 0.1) is 33.3 Å². The Morgan fingerprint density at radius 1 is 1.14 bits per heavy atom. The predicted octanol–water partition coefficient (Wildman–Crippen LogP) is 0.587. The third-order valence-corrected chi connectivity index (χ3v) is 11.0. The standard InChI is InChI=1S/C17H24N2O7S3/c1-4-18(14-9-10-27(21,22)11-14)29(25,26)15-7-5-13(6-8-15)19-16(20)17(2,3)12-28(19,23)24/h5-8,14H,4,9-12H2,1-3H3. The summed E-state index contributed by atoms with van der Waals surface area (Å²) in [6.45, 7) is 4.83. The van der Waals surface area contributed by atoms with E-state index in [0.717, 1.165) is 4.31 Å². The van der Waals surface area contributed by atoms with Crippen molar-refractivity contribution in [3.8, 4) is 0 Å². The van der Waals surface area contributed by atoms with Gasteiger partial charge >= 0.3 is 0 Å². The smallest absolute Gasteiger partial charge is 0.247 e. The molecule has 2 aliphatic heterocycles. The van der Waals surface area contributed by atoms with Crippen LogP contribution in [0.1, 0.15) is 27.2 Å². The second-order valence-electron chi connectivity index (χ2n) is 7.97. The Morgan fingerprint density at radius 2 is 1.72 bits per heavy atom. The molecular weight excluding hydrogens is 440 g/mol. The molecule has 2 fully saturated rings. The van der Waals surface area contributed by atoms with Crippen LogP contribution in [0.3, 0.4) is 0 Å². The lowest BCUT2D eigenvalue weighted by atomic mass is 9.95. The van der Waals surface area contributed by atoms with E-state index in [-0.39, 0.29) is 40.8 Å². The predicted molar refractivity (Wildman–Crippen MR) is 108 cm³/mol. The molecule has 3 rings (SSSR count). The first-order chi connectivity index (χ1) is 13.2. The zero-order chi connectivity index (χ0) is 21.8. The molecule has 1 aromatic rings. The maximum atomic E-state index is 13.0. The van der Waals surface area contributed by atoms with Crippen LogP contribution in [-0.2, 0) is 34.7 Å². The van der Waals surface area contributed by atoms with Crippen molar-refractivity contribution in [2.75, 3.05) is 28.1 Å². The maximum absolute atomic E-state index is 13.0. The minimum Gasteiger partial charge on any atom is -0.273 e. The van der Waals surface area contributed by atoms with Crippen LogP contribution >= 0.6 is 0 Å². The Bertz CT molecular complexity index is 1140. The number of amides is 1. The lowest BCUT2D eigenvalue weighted by molar-refractivity contribution is -0.123. The number of carbonyl (C=O) groups excluding carboxylic acids is 1. The van der Waals surface area contributed by atoms with E-state index in [2.05, 4.69) is 0 Å². The number of anilines is 1. The van der Waals surface area contributed by atoms with Gasteiger partial charge in [-0.15, -0.1) is 0 Å². The molecular formula is C17H24N2O7S3. The summed E-state index contributed by atoms with van der Waals surface area (Å²) in [6, 6.07) is 4.41. The van der Waals surface area contributed by atoms with Gasteiger partial charge in [-0.2, -0.15) is 4.31 Å². The number of sulfonamides is 2. The van der Waals surface area contributed by atoms with Crippen molar-refractivity contribution in [1.29, 1.82) is 0 Å². The van der Waals surface area contributed by atoms with Crippen molar-refractivity contribution in [3.05, 3.63) is 24.3 Å². The third-order valence-electron chi connectivity index (χ3n) is 5.19. The number of hydrogen-bond donors (Lipinski definition) is 0. The molecule has 1 aromatic carbocycles. The highest BCUT2D eigenvalue weighted by molar-refractivity contribution is 7.94. The van der Waals surface area contributed by atoms with Gasteiger partial charge in [0, 0.05) is 12.6 Å². The fraction of sp³-hybridized carbons (Fsp3) is 0.588. The van der Waals surface area contributed by atoms with Crippen LogP contribution in [0.25, 0.3) is 0 Å². The zero-order valence-corrected chi connectivity index (χ0v) is 18.8. The van der Waals surface area contributed by atoms with E-state index >= 15 is 0 Å². The molecule has 12 heteroatoms. The SMILES string of the molecule is CCN(C1CCS(=O)(=O)C1)S(=O)(=O)c1ccc(N2C(=O)C(C)(C)CS2(=O)=O)cc1. The molecule has 2 saturated heterocycles. The Hall–Kier alpha value is -1.50. The number of benzene rings is 1. The Kier molecular flexibility index (Phi) is 5.38. The summed E-state index contributed by atoms with van der Waals surface area (Å²) in [4.78, 5) is 12.4. The average Bonchev–Trinajstić information content (AvgIpc) is 3.01. The van der Waals surface area contributed by atoms with Crippen LogP contribution in [0, 0.1) is 5.41 Å². The molecule has 162 valence electrons. The molecule has 0 aromatic heterocycles. The molecule has 9 nitrogen and oxygen atoms in total. The fourth-order valence-electron chi connectivity index (χ4n) is 3.78. The molecule has 1 amide bonds. The quantitative estimate of drug-likeness (QED) is 0.624. The molecule has 0 N–H and O–H groups in total. The summed E-state index contributed by atoms with van der Waals surface area (Å²) >= 11 is 0. The Labute approximate surface area is 171 Å². The van der Waals surface area contributed by atoms with Gasteiger partial charge < -0.3 is 0 Å². The highest BCUT2D eigenvalue weighted by atomic mass is 32.2. The monoisotopic (exact) mass is 464 g/mol. The summed E-state index contributed by atoms with van der Waals surface area (Å²) in [5.74, 6) is -1.15. The van der Waals surface area contributed by atoms with Crippen molar-refractivity contribution in [2.45, 2.75) is 38.1 Å². The van der Waals surface area contributed by atoms with Crippen LogP contribution in [-0.4, -0.2) is 65.3 Å². The molecule has 0 spiro atoms. The Balaban J connectivity index is 1.92. The second kappa shape index (κ2) is 7.03. The lowest BCUT2D eigenvalue weighted by Gasteiger charge is -2.26. The first kappa shape index (κ1) is 22.2. The number of rotatable bonds is 5. The van der Waals surface area contributed by atoms with Crippen LogP contribution in [0.4, 0.5) is 5.69 Å². The van der Waals surface area contributed by atoms with Crippen molar-refractivity contribution in [2.24, 2.45) is 5.41 Å². The summed E-state index contributed by atoms with van der Waals surface area (Å²) < 4.78 is 76.2. The zero-order valence-electron chi connectivity index (χ0n) is 16.4. The largest absolute Gasteiger partial charge is 0.273 e. The van der Waals surface area contributed by atoms with Gasteiger partial charge in [-0.1, -0.05) is 6.92 Å². The van der Waals surface area contributed by atoms with E-state index in [9.17, 15) is 30.0 Å². The number of nitrogens with zero attached hydrogens (tertiary/aromatic N) is 2. The van der Waals surface area contributed by atoms with Crippen LogP contribution in [0.2, 0.25) is 0 Å². The molecule has 1 unspecified atom stereocenters. The molecule has 2 heterocycles.